The second-order valence-electron chi connectivity index (χ2n) is 8.44. The molecule has 0 aromatic rings. The van der Waals surface area contributed by atoms with Gasteiger partial charge >= 0.3 is 0 Å². The van der Waals surface area contributed by atoms with Crippen molar-refractivity contribution in [2.75, 3.05) is 13.3 Å². The Morgan fingerprint density at radius 2 is 1.77 bits per heavy atom. The zero-order valence-electron chi connectivity index (χ0n) is 13.7. The molecule has 2 aliphatic carbocycles. The number of hydrogen-bond acceptors (Lipinski definition) is 2. The highest BCUT2D eigenvalue weighted by molar-refractivity contribution is 7.73. The van der Waals surface area contributed by atoms with E-state index in [2.05, 4.69) is 12.7 Å². The SMILES string of the molecule is CP1(=O)C2=C(CCCC2)[C@@H]2[C@H]1[C@@H]1C=C3CCCC[C@@]32P1(C)=O. The van der Waals surface area contributed by atoms with Crippen LogP contribution in [0.5, 0.6) is 0 Å². The van der Waals surface area contributed by atoms with Crippen LogP contribution in [-0.4, -0.2) is 29.8 Å². The Kier molecular flexibility index (Phi) is 2.68. The van der Waals surface area contributed by atoms with E-state index >= 15 is 0 Å². The highest BCUT2D eigenvalue weighted by Crippen LogP contribution is 2.88. The largest absolute Gasteiger partial charge is 0.322 e. The van der Waals surface area contributed by atoms with Crippen molar-refractivity contribution in [1.29, 1.82) is 0 Å². The average Bonchev–Trinajstić information content (AvgIpc) is 2.96. The van der Waals surface area contributed by atoms with Crippen LogP contribution in [-0.2, 0) is 9.13 Å². The van der Waals surface area contributed by atoms with Gasteiger partial charge in [0.25, 0.3) is 0 Å². The number of allylic oxidation sites excluding steroid dienone is 4. The molecule has 2 fully saturated rings. The molecule has 22 heavy (non-hydrogen) atoms. The van der Waals surface area contributed by atoms with E-state index in [1.807, 2.05) is 6.66 Å². The van der Waals surface area contributed by atoms with Crippen LogP contribution in [0.4, 0.5) is 0 Å². The smallest absolute Gasteiger partial charge is 0.113 e. The third-order valence-electron chi connectivity index (χ3n) is 7.71. The molecule has 1 spiro atoms. The van der Waals surface area contributed by atoms with Crippen molar-refractivity contribution in [3.8, 4) is 0 Å². The van der Waals surface area contributed by atoms with Crippen molar-refractivity contribution in [3.63, 3.8) is 0 Å². The van der Waals surface area contributed by atoms with Gasteiger partial charge in [-0.3, -0.25) is 0 Å². The molecule has 0 amide bonds. The Morgan fingerprint density at radius 1 is 1.05 bits per heavy atom. The number of rotatable bonds is 0. The summed E-state index contributed by atoms with van der Waals surface area (Å²) in [7, 11) is -4.59. The van der Waals surface area contributed by atoms with Gasteiger partial charge in [0.15, 0.2) is 0 Å². The first kappa shape index (κ1) is 14.3. The molecule has 3 heterocycles. The first-order valence-corrected chi connectivity index (χ1v) is 13.4. The molecule has 6 atom stereocenters. The molecule has 2 nitrogen and oxygen atoms in total. The predicted molar refractivity (Wildman–Crippen MR) is 92.9 cm³/mol. The second kappa shape index (κ2) is 4.12. The van der Waals surface area contributed by atoms with E-state index in [4.69, 9.17) is 0 Å². The van der Waals surface area contributed by atoms with Crippen LogP contribution in [0.25, 0.3) is 0 Å². The monoisotopic (exact) mass is 336 g/mol. The van der Waals surface area contributed by atoms with E-state index in [1.54, 1.807) is 0 Å². The van der Waals surface area contributed by atoms with Gasteiger partial charge in [0.2, 0.25) is 0 Å². The van der Waals surface area contributed by atoms with Crippen LogP contribution in [0.3, 0.4) is 0 Å². The van der Waals surface area contributed by atoms with Gasteiger partial charge in [-0.05, 0) is 63.6 Å². The molecular formula is C18H26O2P2. The van der Waals surface area contributed by atoms with E-state index in [9.17, 15) is 9.13 Å². The fraction of sp³-hybridized carbons (Fsp3) is 0.778. The van der Waals surface area contributed by atoms with E-state index in [-0.39, 0.29) is 16.5 Å². The van der Waals surface area contributed by atoms with E-state index in [1.165, 1.54) is 42.1 Å². The predicted octanol–water partition coefficient (Wildman–Crippen LogP) is 5.43. The second-order valence-corrected chi connectivity index (χ2v) is 14.9. The molecule has 1 saturated carbocycles. The standard InChI is InChI=1S/C18H26O2P2/c1-21(19)14-9-4-3-8-13(14)16-17(21)15-11-12-7-5-6-10-18(12,16)22(15,2)20/h11,15-17H,3-10H2,1-2H3/t15-,16+,17+,18+,21?,22?/m0/s1. The molecule has 0 N–H and O–H groups in total. The van der Waals surface area contributed by atoms with Gasteiger partial charge in [-0.15, -0.1) is 0 Å². The molecule has 5 rings (SSSR count). The zero-order valence-corrected chi connectivity index (χ0v) is 15.5. The molecule has 120 valence electrons. The van der Waals surface area contributed by atoms with Crippen molar-refractivity contribution in [2.24, 2.45) is 5.92 Å². The Labute approximate surface area is 133 Å². The van der Waals surface area contributed by atoms with Gasteiger partial charge in [-0.1, -0.05) is 23.6 Å². The van der Waals surface area contributed by atoms with Crippen LogP contribution < -0.4 is 0 Å². The average molecular weight is 336 g/mol. The summed E-state index contributed by atoms with van der Waals surface area (Å²) in [5.41, 5.74) is 3.37. The summed E-state index contributed by atoms with van der Waals surface area (Å²) in [4.78, 5) is 0. The minimum atomic E-state index is -2.31. The highest BCUT2D eigenvalue weighted by Gasteiger charge is 2.75. The van der Waals surface area contributed by atoms with Gasteiger partial charge in [0, 0.05) is 17.2 Å². The Balaban J connectivity index is 1.79. The third-order valence-corrected chi connectivity index (χ3v) is 15.3. The molecule has 0 radical (unpaired) electrons. The number of hydrogen-bond donors (Lipinski definition) is 0. The fourth-order valence-corrected chi connectivity index (χ4v) is 16.0. The van der Waals surface area contributed by atoms with Crippen LogP contribution >= 0.6 is 14.3 Å². The molecule has 3 aliphatic heterocycles. The van der Waals surface area contributed by atoms with Crippen LogP contribution in [0.2, 0.25) is 0 Å². The Bertz CT molecular complexity index is 731. The maximum absolute atomic E-state index is 13.9. The Morgan fingerprint density at radius 3 is 2.59 bits per heavy atom. The first-order chi connectivity index (χ1) is 10.4. The normalized spacial score (nSPS) is 55.7. The van der Waals surface area contributed by atoms with Crippen molar-refractivity contribution in [2.45, 2.75) is 67.8 Å². The minimum Gasteiger partial charge on any atom is -0.322 e. The van der Waals surface area contributed by atoms with Gasteiger partial charge in [-0.2, -0.15) is 0 Å². The van der Waals surface area contributed by atoms with Gasteiger partial charge in [-0.25, -0.2) is 0 Å². The lowest BCUT2D eigenvalue weighted by Crippen LogP contribution is -2.41. The van der Waals surface area contributed by atoms with Crippen molar-refractivity contribution in [3.05, 3.63) is 22.5 Å². The summed E-state index contributed by atoms with van der Waals surface area (Å²) in [5.74, 6) is 0.389. The van der Waals surface area contributed by atoms with Crippen LogP contribution in [0.15, 0.2) is 22.5 Å². The van der Waals surface area contributed by atoms with Crippen molar-refractivity contribution >= 4 is 14.3 Å². The molecule has 0 aromatic carbocycles. The summed E-state index contributed by atoms with van der Waals surface area (Å²) in [6.45, 7) is 4.10. The minimum absolute atomic E-state index is 0.0688. The van der Waals surface area contributed by atoms with Crippen LogP contribution in [0.1, 0.15) is 51.4 Å². The van der Waals surface area contributed by atoms with Gasteiger partial charge < -0.3 is 9.13 Å². The molecule has 0 aromatic heterocycles. The van der Waals surface area contributed by atoms with E-state index in [0.717, 1.165) is 25.7 Å². The summed E-state index contributed by atoms with van der Waals surface area (Å²) >= 11 is 0. The lowest BCUT2D eigenvalue weighted by molar-refractivity contribution is 0.369. The molecule has 4 heteroatoms. The maximum atomic E-state index is 13.9. The molecular weight excluding hydrogens is 310 g/mol. The zero-order chi connectivity index (χ0) is 15.3. The van der Waals surface area contributed by atoms with Crippen LogP contribution in [0, 0.1) is 5.92 Å². The summed E-state index contributed by atoms with van der Waals surface area (Å²) in [6, 6.07) is 0. The molecule has 2 bridgehead atoms. The fourth-order valence-electron chi connectivity index (χ4n) is 6.94. The lowest BCUT2D eigenvalue weighted by atomic mass is 9.67. The van der Waals surface area contributed by atoms with Crippen molar-refractivity contribution < 1.29 is 9.13 Å². The van der Waals surface area contributed by atoms with E-state index < -0.39 is 14.3 Å². The molecule has 2 unspecified atom stereocenters. The number of fused-ring (bicyclic) bond motifs is 4. The van der Waals surface area contributed by atoms with E-state index in [0.29, 0.717) is 5.92 Å². The molecule has 1 saturated heterocycles. The Hall–Kier alpha value is -0.0600. The summed E-state index contributed by atoms with van der Waals surface area (Å²) in [6.07, 6.45) is 11.7. The van der Waals surface area contributed by atoms with Gasteiger partial charge in [0.1, 0.15) is 14.3 Å². The maximum Gasteiger partial charge on any atom is 0.113 e. The quantitative estimate of drug-likeness (QED) is 0.436. The van der Waals surface area contributed by atoms with Gasteiger partial charge in [0.05, 0.1) is 5.16 Å². The van der Waals surface area contributed by atoms with Crippen molar-refractivity contribution in [1.82, 2.24) is 0 Å². The third kappa shape index (κ3) is 1.31. The molecule has 5 aliphatic rings. The topological polar surface area (TPSA) is 34.1 Å². The summed E-state index contributed by atoms with van der Waals surface area (Å²) in [5, 5.41) is 1.28. The summed E-state index contributed by atoms with van der Waals surface area (Å²) < 4.78 is 27.6. The lowest BCUT2D eigenvalue weighted by Gasteiger charge is -2.43. The highest BCUT2D eigenvalue weighted by atomic mass is 31.2. The first-order valence-electron chi connectivity index (χ1n) is 9.00.